The number of nitrogens with zero attached hydrogens (tertiary/aromatic N) is 4. The van der Waals surface area contributed by atoms with Gasteiger partial charge in [-0.3, -0.25) is 0 Å². The van der Waals surface area contributed by atoms with Gasteiger partial charge in [0, 0.05) is 6.42 Å². The fourth-order valence-electron chi connectivity index (χ4n) is 1.36. The molecule has 0 aliphatic carbocycles. The Labute approximate surface area is 68.5 Å². The lowest BCUT2D eigenvalue weighted by Gasteiger charge is -2.06. The van der Waals surface area contributed by atoms with Gasteiger partial charge in [-0.25, -0.2) is 9.48 Å². The fourth-order valence-corrected chi connectivity index (χ4v) is 1.36. The van der Waals surface area contributed by atoms with E-state index in [1.54, 1.807) is 0 Å². The Hall–Kier alpha value is -1.46. The molecule has 1 unspecified atom stereocenters. The van der Waals surface area contributed by atoms with Crippen molar-refractivity contribution in [2.24, 2.45) is 0 Å². The van der Waals surface area contributed by atoms with Crippen LogP contribution in [0.3, 0.4) is 0 Å². The molecule has 0 saturated heterocycles. The number of ether oxygens (including phenoxy) is 1. The van der Waals surface area contributed by atoms with Crippen LogP contribution in [0.5, 0.6) is 0 Å². The Morgan fingerprint density at radius 3 is 3.33 bits per heavy atom. The number of hydrogen-bond donors (Lipinski definition) is 0. The molecular formula is C6H8N4O2. The normalized spacial score (nSPS) is 20.6. The van der Waals surface area contributed by atoms with Crippen LogP contribution in [0.4, 0.5) is 0 Å². The standard InChI is InChI=1S/C6H8N4O2/c1-12-6(11)4-2-3-5-7-8-9-10(4)5/h4H,2-3H2,1H3. The van der Waals surface area contributed by atoms with Crippen molar-refractivity contribution in [3.05, 3.63) is 5.82 Å². The van der Waals surface area contributed by atoms with Gasteiger partial charge < -0.3 is 4.74 Å². The summed E-state index contributed by atoms with van der Waals surface area (Å²) in [5.74, 6) is 0.478. The highest BCUT2D eigenvalue weighted by molar-refractivity contribution is 5.74. The largest absolute Gasteiger partial charge is 0.467 e. The molecule has 1 atom stereocenters. The third kappa shape index (κ3) is 0.876. The van der Waals surface area contributed by atoms with Crippen molar-refractivity contribution < 1.29 is 9.53 Å². The van der Waals surface area contributed by atoms with Gasteiger partial charge in [0.1, 0.15) is 0 Å². The summed E-state index contributed by atoms with van der Waals surface area (Å²) in [4.78, 5) is 11.1. The summed E-state index contributed by atoms with van der Waals surface area (Å²) in [7, 11) is 1.37. The average Bonchev–Trinajstić information content (AvgIpc) is 2.62. The first-order valence-corrected chi connectivity index (χ1v) is 3.67. The SMILES string of the molecule is COC(=O)C1CCc2nnnn21. The molecule has 0 aromatic carbocycles. The number of tetrazole rings is 1. The van der Waals surface area contributed by atoms with Crippen LogP contribution in [0.15, 0.2) is 0 Å². The van der Waals surface area contributed by atoms with Crippen LogP contribution < -0.4 is 0 Å². The van der Waals surface area contributed by atoms with E-state index >= 15 is 0 Å². The van der Waals surface area contributed by atoms with E-state index in [4.69, 9.17) is 0 Å². The minimum Gasteiger partial charge on any atom is -0.467 e. The van der Waals surface area contributed by atoms with Crippen molar-refractivity contribution in [3.8, 4) is 0 Å². The smallest absolute Gasteiger partial charge is 0.330 e. The predicted molar refractivity (Wildman–Crippen MR) is 37.2 cm³/mol. The molecule has 0 spiro atoms. The van der Waals surface area contributed by atoms with Crippen molar-refractivity contribution in [1.29, 1.82) is 0 Å². The molecule has 1 aromatic rings. The second-order valence-electron chi connectivity index (χ2n) is 2.62. The van der Waals surface area contributed by atoms with E-state index in [-0.39, 0.29) is 12.0 Å². The Morgan fingerprint density at radius 2 is 2.58 bits per heavy atom. The molecule has 6 nitrogen and oxygen atoms in total. The number of aryl methyl sites for hydroxylation is 1. The molecule has 1 aliphatic heterocycles. The van der Waals surface area contributed by atoms with Gasteiger partial charge in [0.25, 0.3) is 0 Å². The summed E-state index contributed by atoms with van der Waals surface area (Å²) in [5.41, 5.74) is 0. The van der Waals surface area contributed by atoms with Crippen LogP contribution in [0.2, 0.25) is 0 Å². The molecule has 6 heteroatoms. The number of carbonyl (C=O) groups is 1. The van der Waals surface area contributed by atoms with E-state index in [0.29, 0.717) is 6.42 Å². The second kappa shape index (κ2) is 2.54. The highest BCUT2D eigenvalue weighted by atomic mass is 16.5. The topological polar surface area (TPSA) is 69.9 Å². The van der Waals surface area contributed by atoms with Crippen LogP contribution in [0.25, 0.3) is 0 Å². The van der Waals surface area contributed by atoms with E-state index in [9.17, 15) is 4.79 Å². The molecule has 2 heterocycles. The maximum Gasteiger partial charge on any atom is 0.330 e. The van der Waals surface area contributed by atoms with E-state index in [2.05, 4.69) is 20.3 Å². The van der Waals surface area contributed by atoms with Gasteiger partial charge in [-0.2, -0.15) is 0 Å². The van der Waals surface area contributed by atoms with Gasteiger partial charge in [-0.05, 0) is 16.8 Å². The zero-order valence-electron chi connectivity index (χ0n) is 6.60. The maximum absolute atomic E-state index is 11.1. The summed E-state index contributed by atoms with van der Waals surface area (Å²) >= 11 is 0. The van der Waals surface area contributed by atoms with Gasteiger partial charge in [0.15, 0.2) is 11.9 Å². The summed E-state index contributed by atoms with van der Waals surface area (Å²) in [6.07, 6.45) is 1.46. The first kappa shape index (κ1) is 7.20. The first-order valence-electron chi connectivity index (χ1n) is 3.67. The number of methoxy groups -OCH3 is 1. The van der Waals surface area contributed by atoms with Crippen LogP contribution >= 0.6 is 0 Å². The summed E-state index contributed by atoms with van der Waals surface area (Å²) in [5, 5.41) is 10.9. The van der Waals surface area contributed by atoms with Crippen molar-refractivity contribution in [1.82, 2.24) is 20.2 Å². The average molecular weight is 168 g/mol. The minimum absolute atomic E-state index is 0.277. The molecule has 1 aromatic heterocycles. The molecule has 2 rings (SSSR count). The summed E-state index contributed by atoms with van der Waals surface area (Å²) < 4.78 is 6.12. The highest BCUT2D eigenvalue weighted by Crippen LogP contribution is 2.22. The molecule has 0 saturated carbocycles. The molecule has 0 N–H and O–H groups in total. The van der Waals surface area contributed by atoms with E-state index in [1.807, 2.05) is 0 Å². The lowest BCUT2D eigenvalue weighted by molar-refractivity contribution is -0.144. The highest BCUT2D eigenvalue weighted by Gasteiger charge is 2.31. The Balaban J connectivity index is 2.28. The van der Waals surface area contributed by atoms with Gasteiger partial charge in [0.2, 0.25) is 0 Å². The summed E-state index contributed by atoms with van der Waals surface area (Å²) in [6.45, 7) is 0. The Kier molecular flexibility index (Phi) is 1.53. The quantitative estimate of drug-likeness (QED) is 0.520. The van der Waals surface area contributed by atoms with Crippen molar-refractivity contribution in [2.75, 3.05) is 7.11 Å². The van der Waals surface area contributed by atoms with Crippen molar-refractivity contribution >= 4 is 5.97 Å². The Bertz CT molecular complexity index is 308. The first-order chi connectivity index (χ1) is 5.83. The number of esters is 1. The van der Waals surface area contributed by atoms with Crippen LogP contribution in [-0.4, -0.2) is 33.3 Å². The number of aromatic nitrogens is 4. The van der Waals surface area contributed by atoms with Crippen LogP contribution in [0, 0.1) is 0 Å². The number of fused-ring (bicyclic) bond motifs is 1. The molecule has 1 aliphatic rings. The molecule has 12 heavy (non-hydrogen) atoms. The van der Waals surface area contributed by atoms with Crippen molar-refractivity contribution in [2.45, 2.75) is 18.9 Å². The van der Waals surface area contributed by atoms with Gasteiger partial charge in [-0.15, -0.1) is 5.10 Å². The molecule has 64 valence electrons. The van der Waals surface area contributed by atoms with Crippen LogP contribution in [0.1, 0.15) is 18.3 Å². The lowest BCUT2D eigenvalue weighted by Crippen LogP contribution is -2.18. The monoisotopic (exact) mass is 168 g/mol. The number of rotatable bonds is 1. The van der Waals surface area contributed by atoms with E-state index in [0.717, 1.165) is 12.2 Å². The maximum atomic E-state index is 11.1. The third-order valence-corrected chi connectivity index (χ3v) is 1.97. The van der Waals surface area contributed by atoms with Crippen LogP contribution in [-0.2, 0) is 16.0 Å². The number of carbonyl (C=O) groups excluding carboxylic acids is 1. The molecule has 0 radical (unpaired) electrons. The predicted octanol–water partition coefficient (Wildman–Crippen LogP) is -0.667. The molecular weight excluding hydrogens is 160 g/mol. The lowest BCUT2D eigenvalue weighted by atomic mass is 10.2. The molecule has 0 amide bonds. The van der Waals surface area contributed by atoms with E-state index < -0.39 is 0 Å². The third-order valence-electron chi connectivity index (χ3n) is 1.97. The Morgan fingerprint density at radius 1 is 1.75 bits per heavy atom. The van der Waals surface area contributed by atoms with Crippen molar-refractivity contribution in [3.63, 3.8) is 0 Å². The zero-order chi connectivity index (χ0) is 8.55. The zero-order valence-corrected chi connectivity index (χ0v) is 6.60. The fraction of sp³-hybridized carbons (Fsp3) is 0.667. The molecule has 0 bridgehead atoms. The number of hydrogen-bond acceptors (Lipinski definition) is 5. The minimum atomic E-state index is -0.319. The summed E-state index contributed by atoms with van der Waals surface area (Å²) in [6, 6.07) is -0.319. The molecule has 0 fully saturated rings. The van der Waals surface area contributed by atoms with Gasteiger partial charge >= 0.3 is 5.97 Å². The van der Waals surface area contributed by atoms with Gasteiger partial charge in [-0.1, -0.05) is 0 Å². The van der Waals surface area contributed by atoms with Gasteiger partial charge in [0.05, 0.1) is 7.11 Å². The second-order valence-corrected chi connectivity index (χ2v) is 2.62. The van der Waals surface area contributed by atoms with E-state index in [1.165, 1.54) is 11.8 Å².